The molecule has 68 valence electrons. The maximum absolute atomic E-state index is 9.69. The normalized spacial score (nSPS) is 13.0. The Morgan fingerprint density at radius 2 is 2.38 bits per heavy atom. The van der Waals surface area contributed by atoms with Crippen LogP contribution >= 0.6 is 22.9 Å². The van der Waals surface area contributed by atoms with E-state index in [1.807, 2.05) is 16.8 Å². The van der Waals surface area contributed by atoms with Crippen molar-refractivity contribution in [2.75, 3.05) is 0 Å². The first-order chi connectivity index (χ1) is 6.36. The number of aromatic nitrogens is 2. The van der Waals surface area contributed by atoms with Gasteiger partial charge < -0.3 is 5.11 Å². The number of aliphatic hydroxyl groups excluding tert-OH is 1. The number of aliphatic hydroxyl groups is 1. The molecule has 0 spiro atoms. The van der Waals surface area contributed by atoms with Crippen molar-refractivity contribution in [1.82, 2.24) is 9.59 Å². The number of hydrogen-bond acceptors (Lipinski definition) is 5. The highest BCUT2D eigenvalue weighted by Gasteiger charge is 2.11. The Hall–Kier alpha value is -0.780. The maximum atomic E-state index is 9.69. The smallest absolute Gasteiger partial charge is 0.104 e. The highest BCUT2D eigenvalue weighted by atomic mass is 32.1. The average Bonchev–Trinajstić information content (AvgIpc) is 2.74. The summed E-state index contributed by atoms with van der Waals surface area (Å²) in [6, 6.07) is 2.01. The Labute approximate surface area is 83.8 Å². The molecule has 1 atom stereocenters. The highest BCUT2D eigenvalue weighted by molar-refractivity contribution is 7.08. The second-order valence-corrected chi connectivity index (χ2v) is 4.07. The molecule has 0 fully saturated rings. The molecule has 13 heavy (non-hydrogen) atoms. The third-order valence-corrected chi connectivity index (χ3v) is 2.98. The molecule has 3 nitrogen and oxygen atoms in total. The number of rotatable bonds is 3. The molecule has 5 heteroatoms. The van der Waals surface area contributed by atoms with E-state index < -0.39 is 6.10 Å². The van der Waals surface area contributed by atoms with Gasteiger partial charge in [-0.15, -0.1) is 5.10 Å². The van der Waals surface area contributed by atoms with Gasteiger partial charge in [-0.2, -0.15) is 11.3 Å². The molecule has 0 aliphatic rings. The lowest BCUT2D eigenvalue weighted by molar-refractivity contribution is 0.173. The minimum Gasteiger partial charge on any atom is -0.386 e. The molecule has 0 aliphatic heterocycles. The largest absolute Gasteiger partial charge is 0.386 e. The molecule has 0 saturated heterocycles. The molecule has 2 heterocycles. The van der Waals surface area contributed by atoms with Crippen LogP contribution in [0.2, 0.25) is 0 Å². The van der Waals surface area contributed by atoms with Crippen molar-refractivity contribution in [2.24, 2.45) is 0 Å². The highest BCUT2D eigenvalue weighted by Crippen LogP contribution is 2.18. The van der Waals surface area contributed by atoms with E-state index in [9.17, 15) is 5.11 Å². The lowest BCUT2D eigenvalue weighted by Gasteiger charge is -2.04. The van der Waals surface area contributed by atoms with E-state index >= 15 is 0 Å². The maximum Gasteiger partial charge on any atom is 0.104 e. The van der Waals surface area contributed by atoms with Crippen molar-refractivity contribution in [3.05, 3.63) is 33.5 Å². The van der Waals surface area contributed by atoms with Gasteiger partial charge in [0.15, 0.2) is 0 Å². The fraction of sp³-hybridized carbons (Fsp3) is 0.250. The van der Waals surface area contributed by atoms with Gasteiger partial charge in [0.1, 0.15) is 11.8 Å². The molecule has 2 aromatic rings. The number of nitrogens with zero attached hydrogens (tertiary/aromatic N) is 2. The van der Waals surface area contributed by atoms with Gasteiger partial charge in [0, 0.05) is 11.8 Å². The summed E-state index contributed by atoms with van der Waals surface area (Å²) in [5.74, 6) is 0. The van der Waals surface area contributed by atoms with E-state index in [0.29, 0.717) is 12.1 Å². The van der Waals surface area contributed by atoms with Crippen LogP contribution in [0, 0.1) is 0 Å². The molecule has 2 rings (SSSR count). The molecule has 2 aromatic heterocycles. The van der Waals surface area contributed by atoms with Crippen LogP contribution < -0.4 is 0 Å². The Morgan fingerprint density at radius 3 is 3.00 bits per heavy atom. The molecule has 0 aliphatic carbocycles. The van der Waals surface area contributed by atoms with Gasteiger partial charge in [-0.25, -0.2) is 0 Å². The third-order valence-electron chi connectivity index (χ3n) is 1.73. The average molecular weight is 212 g/mol. The van der Waals surface area contributed by atoms with Crippen molar-refractivity contribution in [3.63, 3.8) is 0 Å². The van der Waals surface area contributed by atoms with Crippen molar-refractivity contribution in [3.8, 4) is 0 Å². The zero-order valence-corrected chi connectivity index (χ0v) is 8.38. The standard InChI is InChI=1S/C8H8N2OS2/c11-8(7-5-13-10-9-7)3-6-1-2-12-4-6/h1-2,4-5,8,11H,3H2. The summed E-state index contributed by atoms with van der Waals surface area (Å²) in [6.45, 7) is 0. The fourth-order valence-electron chi connectivity index (χ4n) is 1.05. The zero-order chi connectivity index (χ0) is 9.10. The van der Waals surface area contributed by atoms with Gasteiger partial charge in [0.25, 0.3) is 0 Å². The van der Waals surface area contributed by atoms with Crippen LogP contribution in [0.25, 0.3) is 0 Å². The molecule has 0 bridgehead atoms. The molecular formula is C8H8N2OS2. The van der Waals surface area contributed by atoms with Crippen LogP contribution in [0.4, 0.5) is 0 Å². The van der Waals surface area contributed by atoms with Crippen molar-refractivity contribution >= 4 is 22.9 Å². The first kappa shape index (κ1) is 8.80. The Balaban J connectivity index is 2.04. The lowest BCUT2D eigenvalue weighted by atomic mass is 10.1. The van der Waals surface area contributed by atoms with E-state index in [-0.39, 0.29) is 0 Å². The molecule has 0 amide bonds. The van der Waals surface area contributed by atoms with Gasteiger partial charge in [-0.3, -0.25) is 0 Å². The summed E-state index contributed by atoms with van der Waals surface area (Å²) >= 11 is 2.90. The van der Waals surface area contributed by atoms with Crippen LogP contribution in [0.5, 0.6) is 0 Å². The van der Waals surface area contributed by atoms with E-state index in [4.69, 9.17) is 0 Å². The van der Waals surface area contributed by atoms with E-state index in [1.54, 1.807) is 16.7 Å². The number of thiophene rings is 1. The van der Waals surface area contributed by atoms with Crippen molar-refractivity contribution in [2.45, 2.75) is 12.5 Å². The Bertz CT molecular complexity index is 344. The van der Waals surface area contributed by atoms with Gasteiger partial charge >= 0.3 is 0 Å². The van der Waals surface area contributed by atoms with Crippen LogP contribution in [0.1, 0.15) is 17.4 Å². The lowest BCUT2D eigenvalue weighted by Crippen LogP contribution is -2.01. The summed E-state index contributed by atoms with van der Waals surface area (Å²) in [6.07, 6.45) is 0.0999. The van der Waals surface area contributed by atoms with Gasteiger partial charge in [-0.05, 0) is 33.9 Å². The quantitative estimate of drug-likeness (QED) is 0.845. The summed E-state index contributed by atoms with van der Waals surface area (Å²) in [5.41, 5.74) is 1.81. The fourth-order valence-corrected chi connectivity index (χ4v) is 2.24. The van der Waals surface area contributed by atoms with Crippen LogP contribution in [0.15, 0.2) is 22.2 Å². The van der Waals surface area contributed by atoms with Crippen LogP contribution in [-0.4, -0.2) is 14.7 Å². The van der Waals surface area contributed by atoms with Crippen LogP contribution in [0.3, 0.4) is 0 Å². The van der Waals surface area contributed by atoms with Gasteiger partial charge in [0.2, 0.25) is 0 Å². The van der Waals surface area contributed by atoms with E-state index in [1.165, 1.54) is 11.5 Å². The molecule has 0 aromatic carbocycles. The third kappa shape index (κ3) is 2.12. The first-order valence-electron chi connectivity index (χ1n) is 3.82. The predicted molar refractivity (Wildman–Crippen MR) is 52.9 cm³/mol. The minimum absolute atomic E-state index is 0.520. The monoisotopic (exact) mass is 212 g/mol. The van der Waals surface area contributed by atoms with Gasteiger partial charge in [-0.1, -0.05) is 4.49 Å². The predicted octanol–water partition coefficient (Wildman–Crippen LogP) is 1.88. The molecule has 1 N–H and O–H groups in total. The second-order valence-electron chi connectivity index (χ2n) is 2.68. The zero-order valence-electron chi connectivity index (χ0n) is 6.75. The van der Waals surface area contributed by atoms with Crippen molar-refractivity contribution < 1.29 is 5.11 Å². The van der Waals surface area contributed by atoms with Gasteiger partial charge in [0.05, 0.1) is 0 Å². The minimum atomic E-state index is -0.520. The Morgan fingerprint density at radius 1 is 1.46 bits per heavy atom. The van der Waals surface area contributed by atoms with E-state index in [2.05, 4.69) is 9.59 Å². The number of hydrogen-bond donors (Lipinski definition) is 1. The molecular weight excluding hydrogens is 204 g/mol. The first-order valence-corrected chi connectivity index (χ1v) is 5.60. The molecule has 0 saturated carbocycles. The Kier molecular flexibility index (Phi) is 2.68. The van der Waals surface area contributed by atoms with Crippen LogP contribution in [-0.2, 0) is 6.42 Å². The summed E-state index contributed by atoms with van der Waals surface area (Å²) in [4.78, 5) is 0. The molecule has 0 radical (unpaired) electrons. The summed E-state index contributed by atoms with van der Waals surface area (Å²) < 4.78 is 3.71. The van der Waals surface area contributed by atoms with E-state index in [0.717, 1.165) is 5.56 Å². The topological polar surface area (TPSA) is 46.0 Å². The second kappa shape index (κ2) is 3.95. The van der Waals surface area contributed by atoms with Crippen molar-refractivity contribution in [1.29, 1.82) is 0 Å². The summed E-state index contributed by atoms with van der Waals surface area (Å²) in [5, 5.41) is 19.3. The summed E-state index contributed by atoms with van der Waals surface area (Å²) in [7, 11) is 0. The molecule has 1 unspecified atom stereocenters. The SMILES string of the molecule is OC(Cc1ccsc1)c1csnn1.